The van der Waals surface area contributed by atoms with E-state index in [1.54, 1.807) is 25.1 Å². The Kier molecular flexibility index (Phi) is 4.03. The van der Waals surface area contributed by atoms with E-state index in [1.165, 1.54) is 26.2 Å². The van der Waals surface area contributed by atoms with Gasteiger partial charge in [0.1, 0.15) is 16.9 Å². The Hall–Kier alpha value is -2.69. The highest BCUT2D eigenvalue weighted by Gasteiger charge is 2.16. The summed E-state index contributed by atoms with van der Waals surface area (Å²) in [5, 5.41) is 0.391. The number of hydrogen-bond acceptors (Lipinski definition) is 5. The lowest BCUT2D eigenvalue weighted by Gasteiger charge is -2.05. The lowest BCUT2D eigenvalue weighted by Crippen LogP contribution is -2.11. The Balaban J connectivity index is 2.75. The van der Waals surface area contributed by atoms with Crippen molar-refractivity contribution in [1.82, 2.24) is 0 Å². The van der Waals surface area contributed by atoms with Gasteiger partial charge in [-0.05, 0) is 26.0 Å². The van der Waals surface area contributed by atoms with Crippen molar-refractivity contribution in [3.05, 3.63) is 51.4 Å². The van der Waals surface area contributed by atoms with Crippen LogP contribution in [-0.4, -0.2) is 18.9 Å². The molecule has 0 radical (unpaired) electrons. The van der Waals surface area contributed by atoms with Gasteiger partial charge in [-0.2, -0.15) is 0 Å². The molecule has 0 aliphatic heterocycles. The Morgan fingerprint density at radius 3 is 2.62 bits per heavy atom. The average molecular weight is 286 g/mol. The first kappa shape index (κ1) is 14.7. The van der Waals surface area contributed by atoms with Crippen LogP contribution in [0.4, 0.5) is 0 Å². The lowest BCUT2D eigenvalue weighted by atomic mass is 10.1. The number of fused-ring (bicyclic) bond motifs is 1. The molecule has 0 fully saturated rings. The van der Waals surface area contributed by atoms with Crippen molar-refractivity contribution in [3.8, 4) is 0 Å². The van der Waals surface area contributed by atoms with Gasteiger partial charge in [0.25, 0.3) is 0 Å². The number of ether oxygens (including phenoxy) is 1. The number of rotatable bonds is 3. The van der Waals surface area contributed by atoms with Crippen molar-refractivity contribution >= 4 is 28.8 Å². The number of Topliss-reactive ketones (excluding diaryl/α,β-unsaturated/α-hetero) is 1. The summed E-state index contributed by atoms with van der Waals surface area (Å²) in [7, 11) is 1.20. The summed E-state index contributed by atoms with van der Waals surface area (Å²) in [4.78, 5) is 35.1. The molecule has 0 saturated heterocycles. The summed E-state index contributed by atoms with van der Waals surface area (Å²) < 4.78 is 10.1. The normalized spacial score (nSPS) is 11.5. The van der Waals surface area contributed by atoms with Gasteiger partial charge < -0.3 is 9.15 Å². The standard InChI is InChI=1S/C16H14O5/c1-9-7-14(18)12-6-4-5-11(15(12)21-9)8-13(10(2)17)16(19)20-3/h4-8H,1-3H3/b13-8+. The highest BCUT2D eigenvalue weighted by Crippen LogP contribution is 2.20. The fourth-order valence-corrected chi connectivity index (χ4v) is 2.00. The molecule has 108 valence electrons. The molecule has 1 aromatic heterocycles. The second-order valence-electron chi connectivity index (χ2n) is 4.55. The maximum absolute atomic E-state index is 11.9. The van der Waals surface area contributed by atoms with Crippen LogP contribution in [0.15, 0.2) is 39.1 Å². The summed E-state index contributed by atoms with van der Waals surface area (Å²) in [5.41, 5.74) is 0.537. The van der Waals surface area contributed by atoms with E-state index in [0.29, 0.717) is 22.3 Å². The van der Waals surface area contributed by atoms with E-state index in [1.807, 2.05) is 0 Å². The third-order valence-electron chi connectivity index (χ3n) is 2.99. The molecule has 2 aromatic rings. The predicted molar refractivity (Wildman–Crippen MR) is 77.9 cm³/mol. The maximum atomic E-state index is 11.9. The third kappa shape index (κ3) is 2.91. The molecule has 5 heteroatoms. The van der Waals surface area contributed by atoms with Gasteiger partial charge in [-0.1, -0.05) is 12.1 Å². The van der Waals surface area contributed by atoms with Crippen molar-refractivity contribution in [3.63, 3.8) is 0 Å². The molecular weight excluding hydrogens is 272 g/mol. The van der Waals surface area contributed by atoms with Gasteiger partial charge in [-0.15, -0.1) is 0 Å². The quantitative estimate of drug-likeness (QED) is 0.374. The minimum atomic E-state index is -0.727. The minimum Gasteiger partial charge on any atom is -0.465 e. The maximum Gasteiger partial charge on any atom is 0.341 e. The van der Waals surface area contributed by atoms with Gasteiger partial charge in [-0.3, -0.25) is 9.59 Å². The van der Waals surface area contributed by atoms with Crippen molar-refractivity contribution < 1.29 is 18.7 Å². The molecule has 5 nitrogen and oxygen atoms in total. The van der Waals surface area contributed by atoms with Crippen molar-refractivity contribution in [2.75, 3.05) is 7.11 Å². The summed E-state index contributed by atoms with van der Waals surface area (Å²) in [5.74, 6) is -0.695. The molecular formula is C16H14O5. The Morgan fingerprint density at radius 2 is 2.00 bits per heavy atom. The molecule has 0 spiro atoms. The van der Waals surface area contributed by atoms with Crippen LogP contribution < -0.4 is 5.43 Å². The smallest absolute Gasteiger partial charge is 0.341 e. The van der Waals surface area contributed by atoms with Crippen molar-refractivity contribution in [2.24, 2.45) is 0 Å². The summed E-state index contributed by atoms with van der Waals surface area (Å²) in [6, 6.07) is 6.34. The zero-order chi connectivity index (χ0) is 15.6. The number of benzene rings is 1. The van der Waals surface area contributed by atoms with E-state index in [2.05, 4.69) is 4.74 Å². The number of esters is 1. The largest absolute Gasteiger partial charge is 0.465 e. The van der Waals surface area contributed by atoms with E-state index in [4.69, 9.17) is 4.42 Å². The molecule has 2 rings (SSSR count). The van der Waals surface area contributed by atoms with E-state index in [-0.39, 0.29) is 11.0 Å². The molecule has 1 aromatic carbocycles. The first-order valence-electron chi connectivity index (χ1n) is 6.28. The van der Waals surface area contributed by atoms with Crippen LogP contribution in [0.25, 0.3) is 17.0 Å². The Labute approximate surface area is 120 Å². The molecule has 0 bridgehead atoms. The number of carbonyl (C=O) groups is 2. The fraction of sp³-hybridized carbons (Fsp3) is 0.188. The van der Waals surface area contributed by atoms with E-state index in [9.17, 15) is 14.4 Å². The molecule has 1 heterocycles. The van der Waals surface area contributed by atoms with Crippen LogP contribution in [0.5, 0.6) is 0 Å². The van der Waals surface area contributed by atoms with Crippen LogP contribution in [0.2, 0.25) is 0 Å². The Morgan fingerprint density at radius 1 is 1.29 bits per heavy atom. The number of hydrogen-bond donors (Lipinski definition) is 0. The highest BCUT2D eigenvalue weighted by atomic mass is 16.5. The highest BCUT2D eigenvalue weighted by molar-refractivity contribution is 6.20. The number of carbonyl (C=O) groups excluding carboxylic acids is 2. The van der Waals surface area contributed by atoms with Gasteiger partial charge in [0.05, 0.1) is 12.5 Å². The zero-order valence-electron chi connectivity index (χ0n) is 11.9. The number of para-hydroxylation sites is 1. The summed E-state index contributed by atoms with van der Waals surface area (Å²) in [6.07, 6.45) is 1.37. The van der Waals surface area contributed by atoms with Gasteiger partial charge >= 0.3 is 5.97 Å². The van der Waals surface area contributed by atoms with Crippen LogP contribution in [0.1, 0.15) is 18.2 Å². The topological polar surface area (TPSA) is 73.6 Å². The second-order valence-corrected chi connectivity index (χ2v) is 4.55. The number of methoxy groups -OCH3 is 1. The molecule has 0 unspecified atom stereocenters. The van der Waals surface area contributed by atoms with Crippen molar-refractivity contribution in [1.29, 1.82) is 0 Å². The number of ketones is 1. The third-order valence-corrected chi connectivity index (χ3v) is 2.99. The van der Waals surface area contributed by atoms with E-state index in [0.717, 1.165) is 0 Å². The van der Waals surface area contributed by atoms with Gasteiger partial charge in [-0.25, -0.2) is 4.79 Å². The minimum absolute atomic E-state index is 0.103. The fourth-order valence-electron chi connectivity index (χ4n) is 2.00. The molecule has 0 aliphatic rings. The van der Waals surface area contributed by atoms with E-state index >= 15 is 0 Å². The molecule has 0 saturated carbocycles. The first-order chi connectivity index (χ1) is 9.93. The van der Waals surface area contributed by atoms with Crippen LogP contribution in [0, 0.1) is 6.92 Å². The summed E-state index contributed by atoms with van der Waals surface area (Å²) in [6.45, 7) is 2.93. The van der Waals surface area contributed by atoms with E-state index < -0.39 is 11.8 Å². The van der Waals surface area contributed by atoms with Crippen molar-refractivity contribution in [2.45, 2.75) is 13.8 Å². The molecule has 21 heavy (non-hydrogen) atoms. The van der Waals surface area contributed by atoms with Gasteiger partial charge in [0.2, 0.25) is 0 Å². The van der Waals surface area contributed by atoms with Gasteiger partial charge in [0.15, 0.2) is 11.2 Å². The monoisotopic (exact) mass is 286 g/mol. The average Bonchev–Trinajstić information content (AvgIpc) is 2.43. The lowest BCUT2D eigenvalue weighted by molar-refractivity contribution is -0.137. The predicted octanol–water partition coefficient (Wildman–Crippen LogP) is 2.25. The number of aryl methyl sites for hydroxylation is 1. The first-order valence-corrected chi connectivity index (χ1v) is 6.28. The molecule has 0 amide bonds. The Bertz CT molecular complexity index is 811. The SMILES string of the molecule is COC(=O)/C(=C/c1cccc2c(=O)cc(C)oc12)C(C)=O. The molecule has 0 atom stereocenters. The van der Waals surface area contributed by atoms with Gasteiger partial charge in [0, 0.05) is 11.6 Å². The van der Waals surface area contributed by atoms with Crippen LogP contribution >= 0.6 is 0 Å². The summed E-state index contributed by atoms with van der Waals surface area (Å²) >= 11 is 0. The molecule has 0 N–H and O–H groups in total. The van der Waals surface area contributed by atoms with Crippen LogP contribution in [-0.2, 0) is 14.3 Å². The van der Waals surface area contributed by atoms with Crippen LogP contribution in [0.3, 0.4) is 0 Å². The molecule has 0 aliphatic carbocycles. The zero-order valence-corrected chi connectivity index (χ0v) is 11.9. The second kappa shape index (κ2) is 5.75.